The van der Waals surface area contributed by atoms with Gasteiger partial charge in [0.2, 0.25) is 6.04 Å². The van der Waals surface area contributed by atoms with Crippen molar-refractivity contribution >= 4 is 11.9 Å². The summed E-state index contributed by atoms with van der Waals surface area (Å²) in [5, 5.41) is 1.81. The zero-order valence-electron chi connectivity index (χ0n) is 12.0. The molecule has 20 heavy (non-hydrogen) atoms. The van der Waals surface area contributed by atoms with E-state index in [4.69, 9.17) is 9.47 Å². The molecule has 0 amide bonds. The van der Waals surface area contributed by atoms with Crippen LogP contribution in [0.1, 0.15) is 31.9 Å². The molecule has 0 aliphatic carbocycles. The Kier molecular flexibility index (Phi) is 7.35. The molecule has 0 saturated heterocycles. The lowest BCUT2D eigenvalue weighted by atomic mass is 10.1. The monoisotopic (exact) mass is 280 g/mol. The highest BCUT2D eigenvalue weighted by molar-refractivity contribution is 5.76. The van der Waals surface area contributed by atoms with Crippen LogP contribution in [0.5, 0.6) is 0 Å². The number of carbonyl (C=O) groups is 2. The lowest BCUT2D eigenvalue weighted by molar-refractivity contribution is -0.683. The Labute approximate surface area is 119 Å². The van der Waals surface area contributed by atoms with Gasteiger partial charge in [-0.15, -0.1) is 0 Å². The van der Waals surface area contributed by atoms with Crippen LogP contribution in [0.2, 0.25) is 0 Å². The Morgan fingerprint density at radius 1 is 1.10 bits per heavy atom. The van der Waals surface area contributed by atoms with Crippen molar-refractivity contribution in [1.82, 2.24) is 0 Å². The zero-order chi connectivity index (χ0) is 14.8. The van der Waals surface area contributed by atoms with Crippen LogP contribution in [0.15, 0.2) is 30.3 Å². The predicted octanol–water partition coefficient (Wildman–Crippen LogP) is 0.807. The molecule has 0 unspecified atom stereocenters. The van der Waals surface area contributed by atoms with E-state index in [2.05, 4.69) is 0 Å². The van der Waals surface area contributed by atoms with Crippen molar-refractivity contribution in [2.45, 2.75) is 26.3 Å². The van der Waals surface area contributed by atoms with Gasteiger partial charge in [0.05, 0.1) is 26.2 Å². The molecule has 0 bridgehead atoms. The van der Waals surface area contributed by atoms with Gasteiger partial charge >= 0.3 is 11.9 Å². The molecule has 0 fully saturated rings. The molecule has 1 aromatic rings. The molecular formula is C15H22NO4+. The molecule has 0 saturated carbocycles. The normalized spacial score (nSPS) is 11.7. The van der Waals surface area contributed by atoms with E-state index in [0.29, 0.717) is 19.8 Å². The molecule has 5 heteroatoms. The van der Waals surface area contributed by atoms with Gasteiger partial charge in [-0.05, 0) is 13.8 Å². The van der Waals surface area contributed by atoms with Crippen LogP contribution in [0, 0.1) is 0 Å². The van der Waals surface area contributed by atoms with Crippen LogP contribution < -0.4 is 5.32 Å². The van der Waals surface area contributed by atoms with E-state index in [1.54, 1.807) is 13.8 Å². The second-order valence-corrected chi connectivity index (χ2v) is 4.22. The second kappa shape index (κ2) is 9.09. The molecule has 2 N–H and O–H groups in total. The number of rotatable bonds is 8. The van der Waals surface area contributed by atoms with Gasteiger partial charge in [-0.3, -0.25) is 4.79 Å². The summed E-state index contributed by atoms with van der Waals surface area (Å²) in [6.07, 6.45) is 0.274. The molecule has 5 nitrogen and oxygen atoms in total. The van der Waals surface area contributed by atoms with Gasteiger partial charge in [0.25, 0.3) is 0 Å². The van der Waals surface area contributed by atoms with E-state index in [9.17, 15) is 9.59 Å². The summed E-state index contributed by atoms with van der Waals surface area (Å²) >= 11 is 0. The third-order valence-corrected chi connectivity index (χ3v) is 2.76. The molecule has 1 rings (SSSR count). The standard InChI is InChI=1S/C15H21NO4/c1-3-19-13(17)10-11-16-14(15(18)20-4-2)12-8-6-5-7-9-12/h5-9,14,16H,3-4,10-11H2,1-2H3/p+1/t14-/m1/s1. The van der Waals surface area contributed by atoms with Crippen LogP contribution in [-0.2, 0) is 19.1 Å². The Balaban J connectivity index is 2.60. The van der Waals surface area contributed by atoms with Crippen molar-refractivity contribution in [3.8, 4) is 0 Å². The molecule has 0 aliphatic heterocycles. The molecule has 1 atom stereocenters. The fraction of sp³-hybridized carbons (Fsp3) is 0.467. The van der Waals surface area contributed by atoms with E-state index in [-0.39, 0.29) is 18.4 Å². The van der Waals surface area contributed by atoms with Gasteiger partial charge in [-0.25, -0.2) is 4.79 Å². The fourth-order valence-corrected chi connectivity index (χ4v) is 1.86. The van der Waals surface area contributed by atoms with Crippen LogP contribution in [-0.4, -0.2) is 31.7 Å². The molecule has 0 heterocycles. The third kappa shape index (κ3) is 5.40. The average Bonchev–Trinajstić information content (AvgIpc) is 2.45. The maximum atomic E-state index is 12.0. The largest absolute Gasteiger partial charge is 0.466 e. The molecule has 110 valence electrons. The molecule has 0 aromatic heterocycles. The lowest BCUT2D eigenvalue weighted by Gasteiger charge is -2.14. The Hall–Kier alpha value is -1.88. The van der Waals surface area contributed by atoms with Crippen molar-refractivity contribution in [2.24, 2.45) is 0 Å². The van der Waals surface area contributed by atoms with Crippen molar-refractivity contribution in [3.05, 3.63) is 35.9 Å². The first-order valence-electron chi connectivity index (χ1n) is 6.89. The number of benzene rings is 1. The summed E-state index contributed by atoms with van der Waals surface area (Å²) in [7, 11) is 0. The second-order valence-electron chi connectivity index (χ2n) is 4.22. The summed E-state index contributed by atoms with van der Waals surface area (Å²) in [6.45, 7) is 4.75. The molecule has 0 aliphatic rings. The van der Waals surface area contributed by atoms with E-state index in [1.807, 2.05) is 35.6 Å². The molecule has 0 radical (unpaired) electrons. The summed E-state index contributed by atoms with van der Waals surface area (Å²) in [4.78, 5) is 23.3. The van der Waals surface area contributed by atoms with Crippen LogP contribution in [0.3, 0.4) is 0 Å². The van der Waals surface area contributed by atoms with E-state index in [0.717, 1.165) is 5.56 Å². The van der Waals surface area contributed by atoms with Crippen molar-refractivity contribution in [1.29, 1.82) is 0 Å². The van der Waals surface area contributed by atoms with Crippen LogP contribution in [0.25, 0.3) is 0 Å². The van der Waals surface area contributed by atoms with Gasteiger partial charge in [-0.2, -0.15) is 0 Å². The summed E-state index contributed by atoms with van der Waals surface area (Å²) in [6, 6.07) is 8.96. The highest BCUT2D eigenvalue weighted by Crippen LogP contribution is 2.09. The Bertz CT molecular complexity index is 419. The van der Waals surface area contributed by atoms with Gasteiger partial charge in [0, 0.05) is 5.56 Å². The van der Waals surface area contributed by atoms with Crippen LogP contribution in [0.4, 0.5) is 0 Å². The number of nitrogens with two attached hydrogens (primary N) is 1. The minimum atomic E-state index is -0.439. The van der Waals surface area contributed by atoms with Gasteiger partial charge in [0.1, 0.15) is 0 Å². The topological polar surface area (TPSA) is 69.2 Å². The average molecular weight is 280 g/mol. The zero-order valence-corrected chi connectivity index (χ0v) is 12.0. The van der Waals surface area contributed by atoms with Crippen molar-refractivity contribution < 1.29 is 24.4 Å². The Morgan fingerprint density at radius 3 is 2.35 bits per heavy atom. The van der Waals surface area contributed by atoms with Gasteiger partial charge < -0.3 is 14.8 Å². The van der Waals surface area contributed by atoms with E-state index in [1.165, 1.54) is 0 Å². The number of ether oxygens (including phenoxy) is 2. The van der Waals surface area contributed by atoms with Crippen molar-refractivity contribution in [2.75, 3.05) is 19.8 Å². The molecular weight excluding hydrogens is 258 g/mol. The van der Waals surface area contributed by atoms with E-state index >= 15 is 0 Å². The highest BCUT2D eigenvalue weighted by Gasteiger charge is 2.25. The van der Waals surface area contributed by atoms with Gasteiger partial charge in [-0.1, -0.05) is 30.3 Å². The minimum Gasteiger partial charge on any atom is -0.466 e. The van der Waals surface area contributed by atoms with Crippen molar-refractivity contribution in [3.63, 3.8) is 0 Å². The third-order valence-electron chi connectivity index (χ3n) is 2.76. The number of carbonyl (C=O) groups excluding carboxylic acids is 2. The Morgan fingerprint density at radius 2 is 1.75 bits per heavy atom. The fourth-order valence-electron chi connectivity index (χ4n) is 1.86. The summed E-state index contributed by atoms with van der Waals surface area (Å²) in [5.41, 5.74) is 0.870. The van der Waals surface area contributed by atoms with Gasteiger partial charge in [0.15, 0.2) is 0 Å². The number of quaternary nitrogens is 1. The summed E-state index contributed by atoms with van der Waals surface area (Å²) in [5.74, 6) is -0.540. The van der Waals surface area contributed by atoms with Crippen LogP contribution >= 0.6 is 0 Å². The number of hydrogen-bond donors (Lipinski definition) is 1. The first-order valence-corrected chi connectivity index (χ1v) is 6.89. The highest BCUT2D eigenvalue weighted by atomic mass is 16.5. The quantitative estimate of drug-likeness (QED) is 0.715. The SMILES string of the molecule is CCOC(=O)CC[NH2+][C@@H](C(=O)OCC)c1ccccc1. The molecule has 1 aromatic carbocycles. The maximum Gasteiger partial charge on any atom is 0.369 e. The predicted molar refractivity (Wildman–Crippen MR) is 73.9 cm³/mol. The number of esters is 2. The summed E-state index contributed by atoms with van der Waals surface area (Å²) < 4.78 is 9.94. The first kappa shape index (κ1) is 16.2. The van der Waals surface area contributed by atoms with E-state index < -0.39 is 6.04 Å². The number of hydrogen-bond acceptors (Lipinski definition) is 4. The smallest absolute Gasteiger partial charge is 0.369 e. The lowest BCUT2D eigenvalue weighted by Crippen LogP contribution is -2.87. The minimum absolute atomic E-state index is 0.251. The maximum absolute atomic E-state index is 12.0. The first-order chi connectivity index (χ1) is 9.69. The molecule has 0 spiro atoms.